The number of carbonyl (C=O) groups is 1. The van der Waals surface area contributed by atoms with Crippen LogP contribution in [-0.4, -0.2) is 42.1 Å². The third kappa shape index (κ3) is 3.14. The van der Waals surface area contributed by atoms with Gasteiger partial charge in [-0.2, -0.15) is 0 Å². The van der Waals surface area contributed by atoms with Crippen molar-refractivity contribution in [2.75, 3.05) is 31.1 Å². The van der Waals surface area contributed by atoms with Crippen LogP contribution in [0.3, 0.4) is 0 Å². The zero-order chi connectivity index (χ0) is 20.7. The fourth-order valence-electron chi connectivity index (χ4n) is 4.15. The SMILES string of the molecule is O=C(N1CCN(c2ccccc2F)CC1)C1(c2cc(-c3ccccc3F)on2)CC1. The molecule has 154 valence electrons. The second kappa shape index (κ2) is 7.23. The quantitative estimate of drug-likeness (QED) is 0.654. The average molecular weight is 409 g/mol. The van der Waals surface area contributed by atoms with Gasteiger partial charge in [-0.3, -0.25) is 4.79 Å². The highest BCUT2D eigenvalue weighted by atomic mass is 19.1. The number of carbonyl (C=O) groups excluding carboxylic acids is 1. The number of anilines is 1. The second-order valence-corrected chi connectivity index (χ2v) is 7.87. The third-order valence-corrected chi connectivity index (χ3v) is 6.06. The Morgan fingerprint density at radius 3 is 2.27 bits per heavy atom. The molecule has 1 saturated heterocycles. The van der Waals surface area contributed by atoms with Gasteiger partial charge in [0.25, 0.3) is 0 Å². The summed E-state index contributed by atoms with van der Waals surface area (Å²) in [4.78, 5) is 17.1. The summed E-state index contributed by atoms with van der Waals surface area (Å²) < 4.78 is 33.5. The van der Waals surface area contributed by atoms with Gasteiger partial charge in [0, 0.05) is 32.2 Å². The van der Waals surface area contributed by atoms with Crippen LogP contribution in [0.1, 0.15) is 18.5 Å². The van der Waals surface area contributed by atoms with Crippen molar-refractivity contribution in [1.29, 1.82) is 0 Å². The van der Waals surface area contributed by atoms with E-state index in [0.717, 1.165) is 0 Å². The summed E-state index contributed by atoms with van der Waals surface area (Å²) in [5.41, 5.74) is 0.768. The minimum atomic E-state index is -0.687. The molecule has 1 aliphatic heterocycles. The fourth-order valence-corrected chi connectivity index (χ4v) is 4.15. The molecule has 1 aliphatic carbocycles. The Hall–Kier alpha value is -3.22. The molecule has 7 heteroatoms. The summed E-state index contributed by atoms with van der Waals surface area (Å²) in [5.74, 6) is -0.296. The monoisotopic (exact) mass is 409 g/mol. The minimum Gasteiger partial charge on any atom is -0.366 e. The number of benzene rings is 2. The molecule has 30 heavy (non-hydrogen) atoms. The molecule has 0 spiro atoms. The van der Waals surface area contributed by atoms with E-state index in [1.807, 2.05) is 15.9 Å². The van der Waals surface area contributed by atoms with E-state index in [9.17, 15) is 13.6 Å². The van der Waals surface area contributed by atoms with Crippen LogP contribution < -0.4 is 4.90 Å². The number of piperazine rings is 1. The average Bonchev–Trinajstić information content (AvgIpc) is 3.44. The normalized spacial score (nSPS) is 17.8. The Morgan fingerprint density at radius 2 is 1.60 bits per heavy atom. The lowest BCUT2D eigenvalue weighted by molar-refractivity contribution is -0.134. The van der Waals surface area contributed by atoms with Crippen LogP contribution in [0.15, 0.2) is 59.1 Å². The van der Waals surface area contributed by atoms with Crippen LogP contribution in [0.2, 0.25) is 0 Å². The van der Waals surface area contributed by atoms with Crippen molar-refractivity contribution < 1.29 is 18.1 Å². The van der Waals surface area contributed by atoms with Gasteiger partial charge in [-0.25, -0.2) is 8.78 Å². The lowest BCUT2D eigenvalue weighted by Crippen LogP contribution is -2.51. The Morgan fingerprint density at radius 1 is 0.933 bits per heavy atom. The number of halogens is 2. The first-order chi connectivity index (χ1) is 14.6. The lowest BCUT2D eigenvalue weighted by Gasteiger charge is -2.37. The van der Waals surface area contributed by atoms with E-state index in [4.69, 9.17) is 4.52 Å². The van der Waals surface area contributed by atoms with E-state index in [1.165, 1.54) is 12.1 Å². The molecular weight excluding hydrogens is 388 g/mol. The maximum atomic E-state index is 14.1. The first kappa shape index (κ1) is 18.8. The van der Waals surface area contributed by atoms with Crippen molar-refractivity contribution in [3.63, 3.8) is 0 Å². The predicted octanol–water partition coefficient (Wildman–Crippen LogP) is 4.00. The summed E-state index contributed by atoms with van der Waals surface area (Å²) in [7, 11) is 0. The molecule has 2 fully saturated rings. The van der Waals surface area contributed by atoms with Crippen molar-refractivity contribution in [3.05, 3.63) is 71.9 Å². The van der Waals surface area contributed by atoms with Crippen molar-refractivity contribution in [2.45, 2.75) is 18.3 Å². The molecule has 2 heterocycles. The number of nitrogens with zero attached hydrogens (tertiary/aromatic N) is 3. The summed E-state index contributed by atoms with van der Waals surface area (Å²) in [6.45, 7) is 2.18. The molecule has 1 amide bonds. The Bertz CT molecular complexity index is 1090. The maximum Gasteiger partial charge on any atom is 0.235 e. The van der Waals surface area contributed by atoms with Gasteiger partial charge in [0.2, 0.25) is 5.91 Å². The van der Waals surface area contributed by atoms with Crippen molar-refractivity contribution in [1.82, 2.24) is 10.1 Å². The lowest BCUT2D eigenvalue weighted by atomic mass is 9.99. The Balaban J connectivity index is 1.30. The number of hydrogen-bond donors (Lipinski definition) is 0. The highest BCUT2D eigenvalue weighted by Gasteiger charge is 2.55. The number of para-hydroxylation sites is 1. The van der Waals surface area contributed by atoms with Gasteiger partial charge in [0.05, 0.1) is 22.4 Å². The molecule has 2 aromatic carbocycles. The van der Waals surface area contributed by atoms with Gasteiger partial charge in [0.1, 0.15) is 11.6 Å². The van der Waals surface area contributed by atoms with Crippen LogP contribution in [0.25, 0.3) is 11.3 Å². The minimum absolute atomic E-state index is 0.0177. The molecule has 0 radical (unpaired) electrons. The first-order valence-corrected chi connectivity index (χ1v) is 10.1. The Labute approximate surface area is 172 Å². The van der Waals surface area contributed by atoms with Crippen LogP contribution in [0.5, 0.6) is 0 Å². The van der Waals surface area contributed by atoms with Crippen LogP contribution >= 0.6 is 0 Å². The van der Waals surface area contributed by atoms with Gasteiger partial charge in [0.15, 0.2) is 5.76 Å². The molecule has 0 N–H and O–H groups in total. The van der Waals surface area contributed by atoms with E-state index in [-0.39, 0.29) is 17.5 Å². The molecule has 0 bridgehead atoms. The molecule has 2 aliphatic rings. The molecule has 0 unspecified atom stereocenters. The van der Waals surface area contributed by atoms with Crippen molar-refractivity contribution in [3.8, 4) is 11.3 Å². The fraction of sp³-hybridized carbons (Fsp3) is 0.304. The topological polar surface area (TPSA) is 49.6 Å². The zero-order valence-corrected chi connectivity index (χ0v) is 16.4. The second-order valence-electron chi connectivity index (χ2n) is 7.87. The van der Waals surface area contributed by atoms with Crippen LogP contribution in [0, 0.1) is 11.6 Å². The zero-order valence-electron chi connectivity index (χ0n) is 16.4. The molecular formula is C23H21F2N3O2. The van der Waals surface area contributed by atoms with Crippen molar-refractivity contribution in [2.24, 2.45) is 0 Å². The van der Waals surface area contributed by atoms with E-state index < -0.39 is 5.41 Å². The van der Waals surface area contributed by atoms with Gasteiger partial charge in [-0.05, 0) is 37.1 Å². The number of aromatic nitrogens is 1. The molecule has 0 atom stereocenters. The van der Waals surface area contributed by atoms with E-state index >= 15 is 0 Å². The van der Waals surface area contributed by atoms with Gasteiger partial charge in [-0.15, -0.1) is 0 Å². The van der Waals surface area contributed by atoms with Gasteiger partial charge < -0.3 is 14.3 Å². The first-order valence-electron chi connectivity index (χ1n) is 10.1. The summed E-state index contributed by atoms with van der Waals surface area (Å²) in [6, 6.07) is 14.7. The molecule has 1 saturated carbocycles. The number of amides is 1. The molecule has 1 aromatic heterocycles. The number of hydrogen-bond acceptors (Lipinski definition) is 4. The molecule has 5 rings (SSSR count). The highest BCUT2D eigenvalue weighted by Crippen LogP contribution is 2.50. The van der Waals surface area contributed by atoms with Crippen LogP contribution in [-0.2, 0) is 10.2 Å². The smallest absolute Gasteiger partial charge is 0.235 e. The molecule has 5 nitrogen and oxygen atoms in total. The van der Waals surface area contributed by atoms with E-state index in [0.29, 0.717) is 61.7 Å². The maximum absolute atomic E-state index is 14.1. The standard InChI is InChI=1S/C23H21F2N3O2/c24-17-6-2-1-5-16(17)20-15-21(26-30-20)23(9-10-23)22(29)28-13-11-27(12-14-28)19-8-4-3-7-18(19)25/h1-8,15H,9-14H2. The van der Waals surface area contributed by atoms with E-state index in [2.05, 4.69) is 5.16 Å². The largest absolute Gasteiger partial charge is 0.366 e. The van der Waals surface area contributed by atoms with Crippen molar-refractivity contribution >= 4 is 11.6 Å². The number of rotatable bonds is 4. The van der Waals surface area contributed by atoms with E-state index in [1.54, 1.807) is 36.4 Å². The van der Waals surface area contributed by atoms with Gasteiger partial charge in [-0.1, -0.05) is 29.4 Å². The Kier molecular flexibility index (Phi) is 4.53. The molecule has 3 aromatic rings. The summed E-state index contributed by atoms with van der Waals surface area (Å²) in [5, 5.41) is 4.11. The highest BCUT2D eigenvalue weighted by molar-refractivity contribution is 5.91. The van der Waals surface area contributed by atoms with Crippen LogP contribution in [0.4, 0.5) is 14.5 Å². The third-order valence-electron chi connectivity index (χ3n) is 6.06. The van der Waals surface area contributed by atoms with Gasteiger partial charge >= 0.3 is 0 Å². The summed E-state index contributed by atoms with van der Waals surface area (Å²) in [6.07, 6.45) is 1.39. The summed E-state index contributed by atoms with van der Waals surface area (Å²) >= 11 is 0. The predicted molar refractivity (Wildman–Crippen MR) is 108 cm³/mol.